The van der Waals surface area contributed by atoms with Gasteiger partial charge in [-0.3, -0.25) is 14.4 Å². The average Bonchev–Trinajstić information content (AvgIpc) is 3.85. The van der Waals surface area contributed by atoms with Crippen LogP contribution in [-0.2, 0) is 28.6 Å². The lowest BCUT2D eigenvalue weighted by molar-refractivity contribution is -0.150. The first-order valence-corrected chi connectivity index (χ1v) is 22.0. The molecule has 0 radical (unpaired) electrons. The van der Waals surface area contributed by atoms with Crippen molar-refractivity contribution in [3.63, 3.8) is 0 Å². The van der Waals surface area contributed by atoms with E-state index in [0.29, 0.717) is 37.7 Å². The summed E-state index contributed by atoms with van der Waals surface area (Å²) >= 11 is 0. The lowest BCUT2D eigenvalue weighted by atomic mass is 9.92. The van der Waals surface area contributed by atoms with Gasteiger partial charge in [0.25, 0.3) is 0 Å². The van der Waals surface area contributed by atoms with Gasteiger partial charge in [-0.15, -0.1) is 0 Å². The molecule has 0 spiro atoms. The molecule has 0 aromatic carbocycles. The Bertz CT molecular complexity index is 948. The molecule has 6 nitrogen and oxygen atoms in total. The molecule has 0 bridgehead atoms. The van der Waals surface area contributed by atoms with Crippen LogP contribution in [0.4, 0.5) is 0 Å². The molecular weight excluding hydrogens is 636 g/mol. The molecule has 0 aromatic heterocycles. The SMILES string of the molecule is CCCCCC(CCCCC)CCOC(=O)CCCCCCCC(CCCCCCCC(=O)O/C=C(\C)C1CC(C)C2CC12)OC(=O)CCCC. The molecule has 2 rings (SSSR count). The van der Waals surface area contributed by atoms with Crippen molar-refractivity contribution in [2.24, 2.45) is 29.6 Å². The minimum absolute atomic E-state index is 0.00381. The molecule has 6 heteroatoms. The van der Waals surface area contributed by atoms with E-state index in [1.54, 1.807) is 6.26 Å². The molecule has 5 atom stereocenters. The highest BCUT2D eigenvalue weighted by molar-refractivity contribution is 5.70. The first kappa shape index (κ1) is 45.3. The largest absolute Gasteiger partial charge is 0.466 e. The number of carbonyl (C=O) groups excluding carboxylic acids is 3. The van der Waals surface area contributed by atoms with Crippen LogP contribution >= 0.6 is 0 Å². The molecule has 0 heterocycles. The quantitative estimate of drug-likeness (QED) is 0.0291. The predicted molar refractivity (Wildman–Crippen MR) is 210 cm³/mol. The smallest absolute Gasteiger partial charge is 0.310 e. The van der Waals surface area contributed by atoms with Gasteiger partial charge in [-0.1, -0.05) is 124 Å². The fourth-order valence-electron chi connectivity index (χ4n) is 8.31. The van der Waals surface area contributed by atoms with E-state index in [4.69, 9.17) is 14.2 Å². The zero-order valence-electron chi connectivity index (χ0n) is 34.0. The molecule has 2 fully saturated rings. The number of esters is 3. The number of hydrogen-bond donors (Lipinski definition) is 0. The van der Waals surface area contributed by atoms with Gasteiger partial charge < -0.3 is 14.2 Å². The number of fused-ring (bicyclic) bond motifs is 1. The Morgan fingerprint density at radius 2 is 1.12 bits per heavy atom. The molecule has 0 aliphatic heterocycles. The number of ether oxygens (including phenoxy) is 3. The Balaban J connectivity index is 1.53. The topological polar surface area (TPSA) is 78.9 Å². The molecular formula is C45H80O6. The van der Waals surface area contributed by atoms with Crippen molar-refractivity contribution in [2.75, 3.05) is 6.61 Å². The maximum Gasteiger partial charge on any atom is 0.310 e. The fourth-order valence-corrected chi connectivity index (χ4v) is 8.31. The van der Waals surface area contributed by atoms with Crippen LogP contribution in [0.3, 0.4) is 0 Å². The lowest BCUT2D eigenvalue weighted by Crippen LogP contribution is -2.18. The highest BCUT2D eigenvalue weighted by atomic mass is 16.5. The normalized spacial score (nSPS) is 20.3. The van der Waals surface area contributed by atoms with Crippen LogP contribution in [-0.4, -0.2) is 30.6 Å². The third-order valence-corrected chi connectivity index (χ3v) is 11.8. The van der Waals surface area contributed by atoms with Gasteiger partial charge in [0.1, 0.15) is 6.10 Å². The second kappa shape index (κ2) is 28.6. The van der Waals surface area contributed by atoms with Crippen molar-refractivity contribution < 1.29 is 28.6 Å². The monoisotopic (exact) mass is 717 g/mol. The van der Waals surface area contributed by atoms with Crippen molar-refractivity contribution in [2.45, 2.75) is 221 Å². The minimum atomic E-state index is -0.110. The standard InChI is InChI=1S/C45H80O6/c1-6-9-18-24-38(25-19-10-7-2)31-32-49-43(46)29-22-16-12-14-20-26-39(51-45(48)28-11-8-3)27-21-15-13-17-23-30-44(47)50-35-37(5)40-33-36(4)41-34-42(40)41/h35-36,38-42H,6-34H2,1-5H3/b37-35+. The zero-order chi connectivity index (χ0) is 37.1. The number of rotatable bonds is 33. The first-order valence-electron chi connectivity index (χ1n) is 22.0. The summed E-state index contributed by atoms with van der Waals surface area (Å²) in [6, 6.07) is 0. The maximum absolute atomic E-state index is 12.4. The van der Waals surface area contributed by atoms with E-state index < -0.39 is 0 Å². The summed E-state index contributed by atoms with van der Waals surface area (Å²) in [4.78, 5) is 37.0. The van der Waals surface area contributed by atoms with E-state index in [9.17, 15) is 14.4 Å². The summed E-state index contributed by atoms with van der Waals surface area (Å²) in [6.45, 7) is 11.7. The molecule has 51 heavy (non-hydrogen) atoms. The summed E-state index contributed by atoms with van der Waals surface area (Å²) in [7, 11) is 0. The van der Waals surface area contributed by atoms with Crippen molar-refractivity contribution in [3.8, 4) is 0 Å². The van der Waals surface area contributed by atoms with Gasteiger partial charge >= 0.3 is 17.9 Å². The number of unbranched alkanes of at least 4 members (excludes halogenated alkanes) is 13. The molecule has 0 amide bonds. The molecule has 0 saturated heterocycles. The van der Waals surface area contributed by atoms with Crippen molar-refractivity contribution in [1.29, 1.82) is 0 Å². The van der Waals surface area contributed by atoms with Crippen LogP contribution in [0, 0.1) is 29.6 Å². The van der Waals surface area contributed by atoms with Gasteiger partial charge in [-0.2, -0.15) is 0 Å². The number of carbonyl (C=O) groups is 3. The summed E-state index contributed by atoms with van der Waals surface area (Å²) in [5.41, 5.74) is 1.24. The Kier molecular flexibility index (Phi) is 25.4. The highest BCUT2D eigenvalue weighted by Gasteiger charge is 2.52. The zero-order valence-corrected chi connectivity index (χ0v) is 34.0. The fraction of sp³-hybridized carbons (Fsp3) is 0.889. The first-order chi connectivity index (χ1) is 24.8. The Morgan fingerprint density at radius 1 is 0.588 bits per heavy atom. The summed E-state index contributed by atoms with van der Waals surface area (Å²) in [5, 5.41) is 0. The van der Waals surface area contributed by atoms with Crippen LogP contribution in [0.5, 0.6) is 0 Å². The van der Waals surface area contributed by atoms with E-state index in [-0.39, 0.29) is 24.0 Å². The van der Waals surface area contributed by atoms with Crippen molar-refractivity contribution in [3.05, 3.63) is 11.8 Å². The average molecular weight is 717 g/mol. The second-order valence-corrected chi connectivity index (χ2v) is 16.4. The van der Waals surface area contributed by atoms with Gasteiger partial charge in [0.15, 0.2) is 0 Å². The lowest BCUT2D eigenvalue weighted by Gasteiger charge is -2.18. The summed E-state index contributed by atoms with van der Waals surface area (Å²) < 4.78 is 17.0. The Morgan fingerprint density at radius 3 is 1.67 bits per heavy atom. The Labute approximate surface area is 314 Å². The van der Waals surface area contributed by atoms with Crippen LogP contribution in [0.2, 0.25) is 0 Å². The minimum Gasteiger partial charge on any atom is -0.466 e. The number of allylic oxidation sites excluding steroid dienone is 1. The summed E-state index contributed by atoms with van der Waals surface area (Å²) in [6.07, 6.45) is 31.1. The molecule has 2 aliphatic carbocycles. The highest BCUT2D eigenvalue weighted by Crippen LogP contribution is 2.60. The second-order valence-electron chi connectivity index (χ2n) is 16.4. The van der Waals surface area contributed by atoms with E-state index in [2.05, 4.69) is 34.6 Å². The van der Waals surface area contributed by atoms with Gasteiger partial charge in [-0.05, 0) is 106 Å². The van der Waals surface area contributed by atoms with Crippen molar-refractivity contribution in [1.82, 2.24) is 0 Å². The molecule has 2 aliphatic rings. The van der Waals surface area contributed by atoms with Gasteiger partial charge in [0.05, 0.1) is 12.9 Å². The Hall–Kier alpha value is -1.85. The number of hydrogen-bond acceptors (Lipinski definition) is 6. The third-order valence-electron chi connectivity index (χ3n) is 11.8. The molecule has 296 valence electrons. The van der Waals surface area contributed by atoms with Gasteiger partial charge in [-0.25, -0.2) is 0 Å². The van der Waals surface area contributed by atoms with E-state index in [1.165, 1.54) is 69.8 Å². The van der Waals surface area contributed by atoms with E-state index in [1.807, 2.05) is 0 Å². The van der Waals surface area contributed by atoms with Crippen LogP contribution in [0.1, 0.15) is 214 Å². The van der Waals surface area contributed by atoms with E-state index >= 15 is 0 Å². The third kappa shape index (κ3) is 21.4. The molecule has 2 saturated carbocycles. The van der Waals surface area contributed by atoms with E-state index in [0.717, 1.165) is 114 Å². The molecule has 0 N–H and O–H groups in total. The molecule has 0 aromatic rings. The van der Waals surface area contributed by atoms with Crippen LogP contribution in [0.25, 0.3) is 0 Å². The van der Waals surface area contributed by atoms with Crippen molar-refractivity contribution >= 4 is 17.9 Å². The summed E-state index contributed by atoms with van der Waals surface area (Å²) in [5.74, 6) is 3.65. The maximum atomic E-state index is 12.4. The van der Waals surface area contributed by atoms with Crippen LogP contribution < -0.4 is 0 Å². The van der Waals surface area contributed by atoms with Crippen LogP contribution in [0.15, 0.2) is 11.8 Å². The predicted octanol–water partition coefficient (Wildman–Crippen LogP) is 13.0. The molecule has 5 unspecified atom stereocenters. The van der Waals surface area contributed by atoms with Gasteiger partial charge in [0, 0.05) is 19.3 Å². The van der Waals surface area contributed by atoms with Gasteiger partial charge in [0.2, 0.25) is 0 Å².